The third-order valence-corrected chi connectivity index (χ3v) is 3.85. The molecule has 10 heteroatoms. The molecule has 1 amide bonds. The van der Waals surface area contributed by atoms with Gasteiger partial charge in [-0.15, -0.1) is 0 Å². The molecule has 0 unspecified atom stereocenters. The van der Waals surface area contributed by atoms with E-state index in [1.165, 1.54) is 36.4 Å². The van der Waals surface area contributed by atoms with Crippen LogP contribution in [0.4, 0.5) is 18.9 Å². The summed E-state index contributed by atoms with van der Waals surface area (Å²) in [5.41, 5.74) is -0.421. The molecule has 134 valence electrons. The molecule has 0 spiro atoms. The second-order valence-electron chi connectivity index (χ2n) is 5.09. The molecule has 5 nitrogen and oxygen atoms in total. The third-order valence-electron chi connectivity index (χ3n) is 3.33. The van der Waals surface area contributed by atoms with E-state index in [0.717, 1.165) is 16.9 Å². The zero-order chi connectivity index (χ0) is 18.9. The standard InChI is InChI=1S/C16H9Cl2F3N4O/c17-11-5-6-13(18)24-14(11)15(26)23-9-1-3-10(4-2-9)25-12(7-8-22-25)16(19,20)21/h1-8H,(H,23,26). The predicted molar refractivity (Wildman–Crippen MR) is 90.8 cm³/mol. The van der Waals surface area contributed by atoms with Crippen LogP contribution in [0.2, 0.25) is 10.2 Å². The summed E-state index contributed by atoms with van der Waals surface area (Å²) < 4.78 is 39.6. The number of amides is 1. The van der Waals surface area contributed by atoms with Crippen molar-refractivity contribution in [1.29, 1.82) is 0 Å². The number of rotatable bonds is 3. The summed E-state index contributed by atoms with van der Waals surface area (Å²) in [6, 6.07) is 9.42. The summed E-state index contributed by atoms with van der Waals surface area (Å²) in [5, 5.41) is 6.45. The molecule has 0 radical (unpaired) electrons. The van der Waals surface area contributed by atoms with E-state index in [4.69, 9.17) is 23.2 Å². The van der Waals surface area contributed by atoms with Crippen LogP contribution in [0, 0.1) is 0 Å². The highest BCUT2D eigenvalue weighted by molar-refractivity contribution is 6.35. The van der Waals surface area contributed by atoms with Crippen LogP contribution >= 0.6 is 23.2 Å². The molecule has 0 saturated heterocycles. The molecule has 3 rings (SSSR count). The lowest BCUT2D eigenvalue weighted by atomic mass is 10.2. The highest BCUT2D eigenvalue weighted by Gasteiger charge is 2.35. The summed E-state index contributed by atoms with van der Waals surface area (Å²) in [5.74, 6) is -0.597. The van der Waals surface area contributed by atoms with E-state index >= 15 is 0 Å². The number of hydrogen-bond acceptors (Lipinski definition) is 3. The van der Waals surface area contributed by atoms with Crippen LogP contribution in [0.25, 0.3) is 5.69 Å². The van der Waals surface area contributed by atoms with Gasteiger partial charge in [0.05, 0.1) is 16.9 Å². The molecule has 2 aromatic heterocycles. The first-order chi connectivity index (χ1) is 12.3. The van der Waals surface area contributed by atoms with Crippen LogP contribution in [0.1, 0.15) is 16.2 Å². The van der Waals surface area contributed by atoms with Crippen molar-refractivity contribution in [2.75, 3.05) is 5.32 Å². The van der Waals surface area contributed by atoms with Crippen molar-refractivity contribution in [2.24, 2.45) is 0 Å². The molecule has 0 aliphatic rings. The number of carbonyl (C=O) groups is 1. The number of nitrogens with zero attached hydrogens (tertiary/aromatic N) is 3. The Morgan fingerprint density at radius 2 is 1.73 bits per heavy atom. The molecule has 0 aliphatic carbocycles. The van der Waals surface area contributed by atoms with Crippen LogP contribution in [0.5, 0.6) is 0 Å². The van der Waals surface area contributed by atoms with Gasteiger partial charge >= 0.3 is 6.18 Å². The lowest BCUT2D eigenvalue weighted by Gasteiger charge is -2.11. The molecule has 2 heterocycles. The summed E-state index contributed by atoms with van der Waals surface area (Å²) >= 11 is 11.7. The van der Waals surface area contributed by atoms with Crippen LogP contribution in [0.3, 0.4) is 0 Å². The van der Waals surface area contributed by atoms with Crippen LogP contribution in [-0.4, -0.2) is 20.7 Å². The van der Waals surface area contributed by atoms with Gasteiger partial charge in [-0.2, -0.15) is 18.3 Å². The first kappa shape index (κ1) is 18.2. The average molecular weight is 401 g/mol. The van der Waals surface area contributed by atoms with E-state index in [1.54, 1.807) is 0 Å². The molecule has 1 aromatic carbocycles. The van der Waals surface area contributed by atoms with Gasteiger partial charge in [-0.05, 0) is 42.5 Å². The van der Waals surface area contributed by atoms with Crippen LogP contribution in [0.15, 0.2) is 48.7 Å². The maximum atomic E-state index is 12.9. The van der Waals surface area contributed by atoms with E-state index in [2.05, 4.69) is 15.4 Å². The first-order valence-corrected chi connectivity index (χ1v) is 7.86. The molecule has 0 bridgehead atoms. The van der Waals surface area contributed by atoms with Crippen molar-refractivity contribution in [3.05, 3.63) is 70.2 Å². The third kappa shape index (κ3) is 3.81. The summed E-state index contributed by atoms with van der Waals surface area (Å²) in [4.78, 5) is 16.1. The van der Waals surface area contributed by atoms with Gasteiger partial charge < -0.3 is 5.32 Å². The minimum Gasteiger partial charge on any atom is -0.321 e. The molecule has 0 fully saturated rings. The molecule has 0 atom stereocenters. The Labute approximate surface area is 155 Å². The Balaban J connectivity index is 1.82. The summed E-state index contributed by atoms with van der Waals surface area (Å²) in [7, 11) is 0. The highest BCUT2D eigenvalue weighted by Crippen LogP contribution is 2.30. The van der Waals surface area contributed by atoms with E-state index in [0.29, 0.717) is 5.69 Å². The Kier molecular flexibility index (Phi) is 4.88. The van der Waals surface area contributed by atoms with Crippen molar-refractivity contribution in [3.63, 3.8) is 0 Å². The van der Waals surface area contributed by atoms with E-state index in [1.807, 2.05) is 0 Å². The number of alkyl halides is 3. The fourth-order valence-corrected chi connectivity index (χ4v) is 2.52. The van der Waals surface area contributed by atoms with Crippen LogP contribution in [-0.2, 0) is 6.18 Å². The number of hydrogen-bond donors (Lipinski definition) is 1. The monoisotopic (exact) mass is 400 g/mol. The number of pyridine rings is 1. The molecule has 26 heavy (non-hydrogen) atoms. The van der Waals surface area contributed by atoms with E-state index < -0.39 is 17.8 Å². The number of nitrogens with one attached hydrogen (secondary N) is 1. The SMILES string of the molecule is O=C(Nc1ccc(-n2nccc2C(F)(F)F)cc1)c1nc(Cl)ccc1Cl. The zero-order valence-corrected chi connectivity index (χ0v) is 14.3. The lowest BCUT2D eigenvalue weighted by Crippen LogP contribution is -2.15. The van der Waals surface area contributed by atoms with Crippen molar-refractivity contribution < 1.29 is 18.0 Å². The van der Waals surface area contributed by atoms with Gasteiger partial charge in [-0.25, -0.2) is 9.67 Å². The van der Waals surface area contributed by atoms with E-state index in [9.17, 15) is 18.0 Å². The summed E-state index contributed by atoms with van der Waals surface area (Å²) in [6.45, 7) is 0. The predicted octanol–water partition coefficient (Wildman–Crippen LogP) is 4.85. The zero-order valence-electron chi connectivity index (χ0n) is 12.8. The van der Waals surface area contributed by atoms with Gasteiger partial charge in [0.2, 0.25) is 0 Å². The number of carbonyl (C=O) groups excluding carboxylic acids is 1. The van der Waals surface area contributed by atoms with Gasteiger partial charge in [-0.1, -0.05) is 23.2 Å². The Hall–Kier alpha value is -2.58. The Morgan fingerprint density at radius 1 is 1.04 bits per heavy atom. The maximum Gasteiger partial charge on any atom is 0.433 e. The Bertz CT molecular complexity index is 955. The number of aromatic nitrogens is 3. The van der Waals surface area contributed by atoms with Gasteiger partial charge in [0.25, 0.3) is 5.91 Å². The molecule has 1 N–H and O–H groups in total. The second-order valence-corrected chi connectivity index (χ2v) is 5.89. The maximum absolute atomic E-state index is 12.9. The number of halogens is 5. The smallest absolute Gasteiger partial charge is 0.321 e. The van der Waals surface area contributed by atoms with Gasteiger partial charge in [0, 0.05) is 5.69 Å². The summed E-state index contributed by atoms with van der Waals surface area (Å²) in [6.07, 6.45) is -3.47. The van der Waals surface area contributed by atoms with Crippen LogP contribution < -0.4 is 5.32 Å². The fraction of sp³-hybridized carbons (Fsp3) is 0.0625. The largest absolute Gasteiger partial charge is 0.433 e. The topological polar surface area (TPSA) is 59.8 Å². The fourth-order valence-electron chi connectivity index (χ4n) is 2.18. The molecule has 0 saturated carbocycles. The van der Waals surface area contributed by atoms with Gasteiger partial charge in [-0.3, -0.25) is 4.79 Å². The van der Waals surface area contributed by atoms with Crippen molar-refractivity contribution in [3.8, 4) is 5.69 Å². The van der Waals surface area contributed by atoms with Crippen molar-refractivity contribution in [2.45, 2.75) is 6.18 Å². The highest BCUT2D eigenvalue weighted by atomic mass is 35.5. The number of benzene rings is 1. The van der Waals surface area contributed by atoms with Crippen molar-refractivity contribution in [1.82, 2.24) is 14.8 Å². The minimum absolute atomic E-state index is 0.0605. The molecular formula is C16H9Cl2F3N4O. The Morgan fingerprint density at radius 3 is 2.38 bits per heavy atom. The normalized spacial score (nSPS) is 11.4. The number of anilines is 1. The average Bonchev–Trinajstić information content (AvgIpc) is 3.08. The molecule has 0 aliphatic heterocycles. The lowest BCUT2D eigenvalue weighted by molar-refractivity contribution is -0.142. The minimum atomic E-state index is -4.53. The molecular weight excluding hydrogens is 392 g/mol. The van der Waals surface area contributed by atoms with Gasteiger partial charge in [0.15, 0.2) is 0 Å². The molecule has 3 aromatic rings. The van der Waals surface area contributed by atoms with E-state index in [-0.39, 0.29) is 21.6 Å². The van der Waals surface area contributed by atoms with Crippen molar-refractivity contribution >= 4 is 34.8 Å². The van der Waals surface area contributed by atoms with Gasteiger partial charge in [0.1, 0.15) is 16.5 Å². The second kappa shape index (κ2) is 6.97. The first-order valence-electron chi connectivity index (χ1n) is 7.11. The quantitative estimate of drug-likeness (QED) is 0.639.